The molecule has 2 unspecified atom stereocenters. The summed E-state index contributed by atoms with van der Waals surface area (Å²) in [6.45, 7) is 1.11. The van der Waals surface area contributed by atoms with Gasteiger partial charge in [-0.25, -0.2) is 4.98 Å². The summed E-state index contributed by atoms with van der Waals surface area (Å²) in [4.78, 5) is 16.8. The highest BCUT2D eigenvalue weighted by molar-refractivity contribution is 7.99. The van der Waals surface area contributed by atoms with E-state index in [2.05, 4.69) is 4.98 Å². The molecule has 3 heterocycles. The number of aromatic nitrogens is 1. The highest BCUT2D eigenvalue weighted by Crippen LogP contribution is 2.41. The SMILES string of the molecule is NCc1nc(C(=O)C2CCOC3(CCSC3)C2)cs1. The van der Waals surface area contributed by atoms with Gasteiger partial charge in [-0.1, -0.05) is 0 Å². The number of nitrogens with zero attached hydrogens (tertiary/aromatic N) is 1. The fourth-order valence-corrected chi connectivity index (χ4v) is 4.88. The summed E-state index contributed by atoms with van der Waals surface area (Å²) in [6.07, 6.45) is 2.75. The molecule has 2 aliphatic heterocycles. The quantitative estimate of drug-likeness (QED) is 0.866. The van der Waals surface area contributed by atoms with E-state index < -0.39 is 0 Å². The van der Waals surface area contributed by atoms with E-state index in [0.717, 1.165) is 35.8 Å². The van der Waals surface area contributed by atoms with Crippen LogP contribution in [0.1, 0.15) is 34.8 Å². The van der Waals surface area contributed by atoms with E-state index in [1.165, 1.54) is 11.3 Å². The molecule has 0 aromatic carbocycles. The van der Waals surface area contributed by atoms with Crippen molar-refractivity contribution >= 4 is 28.9 Å². The van der Waals surface area contributed by atoms with Crippen LogP contribution in [0.25, 0.3) is 0 Å². The third kappa shape index (κ3) is 2.72. The van der Waals surface area contributed by atoms with Gasteiger partial charge in [0.15, 0.2) is 5.78 Å². The van der Waals surface area contributed by atoms with Gasteiger partial charge >= 0.3 is 0 Å². The zero-order chi connectivity index (χ0) is 13.3. The molecule has 0 radical (unpaired) electrons. The van der Waals surface area contributed by atoms with E-state index in [1.54, 1.807) is 0 Å². The number of thioether (sulfide) groups is 1. The number of hydrogen-bond acceptors (Lipinski definition) is 6. The molecule has 2 saturated heterocycles. The van der Waals surface area contributed by atoms with Crippen molar-refractivity contribution in [3.05, 3.63) is 16.1 Å². The summed E-state index contributed by atoms with van der Waals surface area (Å²) in [5.41, 5.74) is 6.10. The normalized spacial score (nSPS) is 30.9. The number of nitrogens with two attached hydrogens (primary N) is 1. The second kappa shape index (κ2) is 5.52. The van der Waals surface area contributed by atoms with Gasteiger partial charge in [-0.3, -0.25) is 4.79 Å². The molecule has 0 saturated carbocycles. The molecule has 0 bridgehead atoms. The van der Waals surface area contributed by atoms with Crippen molar-refractivity contribution in [2.75, 3.05) is 18.1 Å². The fraction of sp³-hybridized carbons (Fsp3) is 0.692. The average molecular weight is 298 g/mol. The largest absolute Gasteiger partial charge is 0.374 e. The molecule has 104 valence electrons. The van der Waals surface area contributed by atoms with Crippen LogP contribution in [0, 0.1) is 5.92 Å². The minimum absolute atomic E-state index is 0.0457. The number of Topliss-reactive ketones (excluding diaryl/α,β-unsaturated/α-hetero) is 1. The molecule has 3 rings (SSSR count). The van der Waals surface area contributed by atoms with Crippen molar-refractivity contribution in [2.24, 2.45) is 11.7 Å². The summed E-state index contributed by atoms with van der Waals surface area (Å²) in [5, 5.41) is 2.68. The summed E-state index contributed by atoms with van der Waals surface area (Å²) >= 11 is 3.40. The summed E-state index contributed by atoms with van der Waals surface area (Å²) in [6, 6.07) is 0. The zero-order valence-electron chi connectivity index (χ0n) is 10.8. The molecule has 6 heteroatoms. The predicted molar refractivity (Wildman–Crippen MR) is 77.7 cm³/mol. The Hall–Kier alpha value is -0.430. The van der Waals surface area contributed by atoms with Gasteiger partial charge in [0.1, 0.15) is 10.7 Å². The third-order valence-electron chi connectivity index (χ3n) is 3.91. The third-order valence-corrected chi connectivity index (χ3v) is 6.00. The average Bonchev–Trinajstić information content (AvgIpc) is 3.07. The summed E-state index contributed by atoms with van der Waals surface area (Å²) < 4.78 is 5.96. The van der Waals surface area contributed by atoms with E-state index in [9.17, 15) is 4.79 Å². The van der Waals surface area contributed by atoms with Crippen molar-refractivity contribution in [3.8, 4) is 0 Å². The highest BCUT2D eigenvalue weighted by atomic mass is 32.2. The van der Waals surface area contributed by atoms with Crippen LogP contribution in [0.2, 0.25) is 0 Å². The van der Waals surface area contributed by atoms with Crippen LogP contribution in [-0.4, -0.2) is 34.5 Å². The number of thiazole rings is 1. The van der Waals surface area contributed by atoms with Crippen LogP contribution < -0.4 is 5.73 Å². The number of ketones is 1. The fourth-order valence-electron chi connectivity index (χ4n) is 2.84. The van der Waals surface area contributed by atoms with E-state index in [4.69, 9.17) is 10.5 Å². The molecule has 1 aromatic rings. The second-order valence-corrected chi connectivity index (χ2v) is 7.27. The molecular weight excluding hydrogens is 280 g/mol. The first-order valence-corrected chi connectivity index (χ1v) is 8.66. The molecule has 2 atom stereocenters. The van der Waals surface area contributed by atoms with Crippen molar-refractivity contribution in [2.45, 2.75) is 31.4 Å². The van der Waals surface area contributed by atoms with Crippen molar-refractivity contribution in [3.63, 3.8) is 0 Å². The lowest BCUT2D eigenvalue weighted by atomic mass is 9.82. The number of rotatable bonds is 3. The maximum atomic E-state index is 12.5. The van der Waals surface area contributed by atoms with Crippen molar-refractivity contribution in [1.82, 2.24) is 4.98 Å². The van der Waals surface area contributed by atoms with Gasteiger partial charge in [0, 0.05) is 30.2 Å². The molecule has 19 heavy (non-hydrogen) atoms. The van der Waals surface area contributed by atoms with Crippen LogP contribution >= 0.6 is 23.1 Å². The topological polar surface area (TPSA) is 65.2 Å². The maximum Gasteiger partial charge on any atom is 0.185 e. The minimum atomic E-state index is -0.0457. The lowest BCUT2D eigenvalue weighted by molar-refractivity contribution is -0.0735. The zero-order valence-corrected chi connectivity index (χ0v) is 12.4. The monoisotopic (exact) mass is 298 g/mol. The number of ether oxygens (including phenoxy) is 1. The van der Waals surface area contributed by atoms with E-state index in [-0.39, 0.29) is 17.3 Å². The Labute approximate surface area is 121 Å². The van der Waals surface area contributed by atoms with Crippen molar-refractivity contribution in [1.29, 1.82) is 0 Å². The second-order valence-electron chi connectivity index (χ2n) is 5.22. The lowest BCUT2D eigenvalue weighted by Crippen LogP contribution is -2.42. The molecule has 0 aliphatic carbocycles. The molecule has 1 spiro atoms. The molecule has 2 aliphatic rings. The van der Waals surface area contributed by atoms with Crippen LogP contribution in [0.3, 0.4) is 0 Å². The van der Waals surface area contributed by atoms with E-state index in [0.29, 0.717) is 18.8 Å². The first kappa shape index (κ1) is 13.5. The maximum absolute atomic E-state index is 12.5. The van der Waals surface area contributed by atoms with Gasteiger partial charge in [0.2, 0.25) is 0 Å². The van der Waals surface area contributed by atoms with Crippen LogP contribution in [-0.2, 0) is 11.3 Å². The summed E-state index contributed by atoms with van der Waals surface area (Å²) in [7, 11) is 0. The Bertz CT molecular complexity index is 469. The van der Waals surface area contributed by atoms with Gasteiger partial charge < -0.3 is 10.5 Å². The van der Waals surface area contributed by atoms with E-state index >= 15 is 0 Å². The number of carbonyl (C=O) groups excluding carboxylic acids is 1. The van der Waals surface area contributed by atoms with Gasteiger partial charge in [-0.2, -0.15) is 11.8 Å². The van der Waals surface area contributed by atoms with Crippen LogP contribution in [0.4, 0.5) is 0 Å². The molecule has 2 N–H and O–H groups in total. The Kier molecular flexibility index (Phi) is 3.93. The van der Waals surface area contributed by atoms with Gasteiger partial charge in [0.05, 0.1) is 5.60 Å². The van der Waals surface area contributed by atoms with Crippen molar-refractivity contribution < 1.29 is 9.53 Å². The summed E-state index contributed by atoms with van der Waals surface area (Å²) in [5.74, 6) is 2.42. The van der Waals surface area contributed by atoms with E-state index in [1.807, 2.05) is 17.1 Å². The van der Waals surface area contributed by atoms with Gasteiger partial charge in [-0.15, -0.1) is 11.3 Å². The Balaban J connectivity index is 1.72. The van der Waals surface area contributed by atoms with Crippen LogP contribution in [0.15, 0.2) is 5.38 Å². The number of hydrogen-bond donors (Lipinski definition) is 1. The Morgan fingerprint density at radius 3 is 3.21 bits per heavy atom. The first-order chi connectivity index (χ1) is 9.22. The minimum Gasteiger partial charge on any atom is -0.374 e. The molecule has 4 nitrogen and oxygen atoms in total. The van der Waals surface area contributed by atoms with Crippen LogP contribution in [0.5, 0.6) is 0 Å². The lowest BCUT2D eigenvalue weighted by Gasteiger charge is -2.36. The molecule has 2 fully saturated rings. The molecule has 1 aromatic heterocycles. The highest BCUT2D eigenvalue weighted by Gasteiger charge is 2.42. The Morgan fingerprint density at radius 2 is 2.53 bits per heavy atom. The first-order valence-electron chi connectivity index (χ1n) is 6.63. The predicted octanol–water partition coefficient (Wildman–Crippen LogP) is 2.09. The molecular formula is C13H18N2O2S2. The molecule has 0 amide bonds. The smallest absolute Gasteiger partial charge is 0.185 e. The standard InChI is InChI=1S/C13H18N2O2S2/c14-6-11-15-10(7-19-11)12(16)9-1-3-17-13(5-9)2-4-18-8-13/h7,9H,1-6,8,14H2. The van der Waals surface area contributed by atoms with Gasteiger partial charge in [0.25, 0.3) is 0 Å². The van der Waals surface area contributed by atoms with Gasteiger partial charge in [-0.05, 0) is 25.0 Å². The number of carbonyl (C=O) groups is 1. The Morgan fingerprint density at radius 1 is 1.63 bits per heavy atom.